The molecule has 0 saturated carbocycles. The van der Waals surface area contributed by atoms with Crippen LogP contribution in [0.2, 0.25) is 5.02 Å². The third-order valence-corrected chi connectivity index (χ3v) is 4.05. The van der Waals surface area contributed by atoms with Crippen LogP contribution in [0.25, 0.3) is 0 Å². The van der Waals surface area contributed by atoms with Crippen molar-refractivity contribution >= 4 is 28.9 Å². The van der Waals surface area contributed by atoms with Crippen LogP contribution in [0, 0.1) is 5.92 Å². The summed E-state index contributed by atoms with van der Waals surface area (Å²) in [7, 11) is 0. The number of aliphatic hydroxyl groups is 1. The van der Waals surface area contributed by atoms with E-state index in [9.17, 15) is 23.1 Å². The minimum Gasteiger partial charge on any atom is -0.387 e. The maximum Gasteiger partial charge on any atom is 0.432 e. The number of hydrazone groups is 1. The van der Waals surface area contributed by atoms with Crippen LogP contribution in [0.3, 0.4) is 0 Å². The Bertz CT molecular complexity index is 807. The van der Waals surface area contributed by atoms with Crippen molar-refractivity contribution < 1.29 is 23.1 Å². The second-order valence-electron chi connectivity index (χ2n) is 5.44. The summed E-state index contributed by atoms with van der Waals surface area (Å²) in [5.74, 6) is -2.79. The van der Waals surface area contributed by atoms with Gasteiger partial charge in [-0.1, -0.05) is 41.9 Å². The number of rotatable bonds is 3. The average molecular weight is 369 g/mol. The maximum absolute atomic E-state index is 13.4. The summed E-state index contributed by atoms with van der Waals surface area (Å²) >= 11 is 5.75. The third-order valence-electron chi connectivity index (χ3n) is 3.80. The summed E-state index contributed by atoms with van der Waals surface area (Å²) < 4.78 is 40.1. The molecule has 2 aromatic rings. The molecule has 25 heavy (non-hydrogen) atoms. The van der Waals surface area contributed by atoms with E-state index in [4.69, 9.17) is 11.6 Å². The van der Waals surface area contributed by atoms with Crippen LogP contribution in [0.4, 0.5) is 18.9 Å². The van der Waals surface area contributed by atoms with Gasteiger partial charge in [-0.2, -0.15) is 23.3 Å². The molecule has 2 aromatic carbocycles. The van der Waals surface area contributed by atoms with Gasteiger partial charge in [0.25, 0.3) is 5.91 Å². The largest absolute Gasteiger partial charge is 0.432 e. The summed E-state index contributed by atoms with van der Waals surface area (Å²) in [5.41, 5.74) is -0.988. The summed E-state index contributed by atoms with van der Waals surface area (Å²) in [6.07, 6.45) is -6.55. The van der Waals surface area contributed by atoms with Crippen molar-refractivity contribution in [2.75, 3.05) is 5.01 Å². The quantitative estimate of drug-likeness (QED) is 0.891. The lowest BCUT2D eigenvalue weighted by atomic mass is 9.91. The molecule has 0 aromatic heterocycles. The van der Waals surface area contributed by atoms with E-state index in [0.29, 0.717) is 10.0 Å². The predicted octanol–water partition coefficient (Wildman–Crippen LogP) is 3.95. The number of anilines is 1. The van der Waals surface area contributed by atoms with E-state index in [1.165, 1.54) is 36.4 Å². The van der Waals surface area contributed by atoms with Gasteiger partial charge >= 0.3 is 6.18 Å². The summed E-state index contributed by atoms with van der Waals surface area (Å²) in [4.78, 5) is 12.6. The highest BCUT2D eigenvalue weighted by molar-refractivity contribution is 6.30. The Morgan fingerprint density at radius 1 is 1.08 bits per heavy atom. The average Bonchev–Trinajstić information content (AvgIpc) is 2.93. The molecule has 0 spiro atoms. The molecule has 1 amide bonds. The first-order valence-electron chi connectivity index (χ1n) is 7.27. The fourth-order valence-corrected chi connectivity index (χ4v) is 2.72. The Balaban J connectivity index is 2.01. The van der Waals surface area contributed by atoms with Gasteiger partial charge in [-0.3, -0.25) is 4.79 Å². The van der Waals surface area contributed by atoms with Crippen molar-refractivity contribution in [1.29, 1.82) is 0 Å². The van der Waals surface area contributed by atoms with Crippen molar-refractivity contribution in [1.82, 2.24) is 0 Å². The fraction of sp³-hybridized carbons (Fsp3) is 0.176. The van der Waals surface area contributed by atoms with Crippen LogP contribution >= 0.6 is 11.6 Å². The highest BCUT2D eigenvalue weighted by Gasteiger charge is 2.53. The van der Waals surface area contributed by atoms with Crippen LogP contribution in [0.1, 0.15) is 11.7 Å². The second-order valence-corrected chi connectivity index (χ2v) is 5.88. The smallest absolute Gasteiger partial charge is 0.387 e. The zero-order chi connectivity index (χ0) is 18.2. The Hall–Kier alpha value is -2.38. The number of aliphatic hydroxyl groups excluding tert-OH is 1. The number of hydrogen-bond donors (Lipinski definition) is 1. The summed E-state index contributed by atoms with van der Waals surface area (Å²) in [6.45, 7) is 0. The molecule has 130 valence electrons. The van der Waals surface area contributed by atoms with E-state index in [-0.39, 0.29) is 11.3 Å². The number of amides is 1. The molecule has 4 nitrogen and oxygen atoms in total. The SMILES string of the molecule is O=C1C(C(O)c2ccc(Cl)cc2)C(C(F)(F)F)=NN1c1ccccc1. The lowest BCUT2D eigenvalue weighted by molar-refractivity contribution is -0.123. The van der Waals surface area contributed by atoms with Gasteiger partial charge < -0.3 is 5.11 Å². The van der Waals surface area contributed by atoms with E-state index in [2.05, 4.69) is 5.10 Å². The topological polar surface area (TPSA) is 52.9 Å². The molecule has 8 heteroatoms. The van der Waals surface area contributed by atoms with Gasteiger partial charge in [-0.05, 0) is 29.8 Å². The van der Waals surface area contributed by atoms with Gasteiger partial charge in [0.05, 0.1) is 11.8 Å². The molecule has 1 aliphatic heterocycles. The van der Waals surface area contributed by atoms with Crippen molar-refractivity contribution in [2.45, 2.75) is 12.3 Å². The van der Waals surface area contributed by atoms with E-state index < -0.39 is 29.8 Å². The molecule has 0 saturated heterocycles. The van der Waals surface area contributed by atoms with Crippen molar-refractivity contribution in [3.63, 3.8) is 0 Å². The number of carbonyl (C=O) groups is 1. The number of halogens is 4. The van der Waals surface area contributed by atoms with E-state index in [0.717, 1.165) is 0 Å². The van der Waals surface area contributed by atoms with Crippen LogP contribution in [-0.2, 0) is 4.79 Å². The van der Waals surface area contributed by atoms with Gasteiger partial charge in [-0.15, -0.1) is 0 Å². The Labute approximate surface area is 146 Å². The number of alkyl halides is 3. The fourth-order valence-electron chi connectivity index (χ4n) is 2.59. The number of carbonyl (C=O) groups excluding carboxylic acids is 1. The molecule has 0 aliphatic carbocycles. The summed E-state index contributed by atoms with van der Waals surface area (Å²) in [5, 5.41) is 14.9. The van der Waals surface area contributed by atoms with E-state index >= 15 is 0 Å². The van der Waals surface area contributed by atoms with Gasteiger partial charge in [0.15, 0.2) is 5.71 Å². The maximum atomic E-state index is 13.4. The molecule has 0 radical (unpaired) electrons. The van der Waals surface area contributed by atoms with Crippen molar-refractivity contribution in [3.05, 3.63) is 65.2 Å². The molecule has 2 unspecified atom stereocenters. The van der Waals surface area contributed by atoms with Crippen LogP contribution in [0.15, 0.2) is 59.7 Å². The third kappa shape index (κ3) is 3.38. The zero-order valence-electron chi connectivity index (χ0n) is 12.6. The molecule has 3 rings (SSSR count). The van der Waals surface area contributed by atoms with Crippen molar-refractivity contribution in [2.24, 2.45) is 11.0 Å². The number of para-hydroxylation sites is 1. The molecule has 1 aliphatic rings. The second kappa shape index (κ2) is 6.50. The van der Waals surface area contributed by atoms with Crippen LogP contribution in [-0.4, -0.2) is 22.9 Å². The highest BCUT2D eigenvalue weighted by Crippen LogP contribution is 2.38. The Kier molecular flexibility index (Phi) is 4.53. The van der Waals surface area contributed by atoms with E-state index in [1.54, 1.807) is 18.2 Å². The minimum absolute atomic E-state index is 0.148. The first-order chi connectivity index (χ1) is 11.8. The normalized spacial score (nSPS) is 19.1. The van der Waals surface area contributed by atoms with Crippen molar-refractivity contribution in [3.8, 4) is 0 Å². The molecule has 1 heterocycles. The zero-order valence-corrected chi connectivity index (χ0v) is 13.4. The lowest BCUT2D eigenvalue weighted by Gasteiger charge is -2.20. The Morgan fingerprint density at radius 2 is 1.68 bits per heavy atom. The molecule has 2 atom stereocenters. The first-order valence-corrected chi connectivity index (χ1v) is 7.65. The van der Waals surface area contributed by atoms with Gasteiger partial charge in [0.2, 0.25) is 0 Å². The number of hydrogen-bond acceptors (Lipinski definition) is 3. The standard InChI is InChI=1S/C17H12ClF3N2O2/c18-11-8-6-10(7-9-11)14(24)13-15(17(19,20)21)22-23(16(13)25)12-4-2-1-3-5-12/h1-9,13-14,24H. The molecule has 1 N–H and O–H groups in total. The lowest BCUT2D eigenvalue weighted by Crippen LogP contribution is -2.37. The van der Waals surface area contributed by atoms with Gasteiger partial charge in [0, 0.05) is 5.02 Å². The number of nitrogens with zero attached hydrogens (tertiary/aromatic N) is 2. The van der Waals surface area contributed by atoms with E-state index in [1.807, 2.05) is 0 Å². The minimum atomic E-state index is -4.85. The molecular weight excluding hydrogens is 357 g/mol. The highest BCUT2D eigenvalue weighted by atomic mass is 35.5. The Morgan fingerprint density at radius 3 is 2.24 bits per heavy atom. The first kappa shape index (κ1) is 17.4. The van der Waals surface area contributed by atoms with Crippen LogP contribution < -0.4 is 5.01 Å². The predicted molar refractivity (Wildman–Crippen MR) is 87.3 cm³/mol. The van der Waals surface area contributed by atoms with Gasteiger partial charge in [0.1, 0.15) is 5.92 Å². The number of benzene rings is 2. The van der Waals surface area contributed by atoms with Crippen LogP contribution in [0.5, 0.6) is 0 Å². The van der Waals surface area contributed by atoms with Gasteiger partial charge in [-0.25, -0.2) is 0 Å². The molecule has 0 bridgehead atoms. The molecule has 0 fully saturated rings. The monoisotopic (exact) mass is 368 g/mol. The summed E-state index contributed by atoms with van der Waals surface area (Å²) in [6, 6.07) is 13.4. The molecular formula is C17H12ClF3N2O2.